The molecule has 0 aliphatic carbocycles. The quantitative estimate of drug-likeness (QED) is 0.898. The van der Waals surface area contributed by atoms with Crippen LogP contribution >= 0.6 is 0 Å². The number of methoxy groups -OCH3 is 1. The minimum Gasteiger partial charge on any atom is -0.383 e. The fraction of sp³-hybridized carbons (Fsp3) is 0.500. The molecule has 0 aliphatic rings. The van der Waals surface area contributed by atoms with Gasteiger partial charge in [-0.1, -0.05) is 13.8 Å². The number of rotatable bonds is 5. The van der Waals surface area contributed by atoms with E-state index in [1.807, 2.05) is 13.8 Å². The Balaban J connectivity index is 3.05. The molecular formula is C14H17F3N2O. The Morgan fingerprint density at radius 2 is 2.00 bits per heavy atom. The summed E-state index contributed by atoms with van der Waals surface area (Å²) < 4.78 is 42.9. The average Bonchev–Trinajstić information content (AvgIpc) is 2.37. The maximum Gasteiger partial charge on any atom is 0.416 e. The van der Waals surface area contributed by atoms with Crippen molar-refractivity contribution in [1.29, 1.82) is 5.26 Å². The van der Waals surface area contributed by atoms with Crippen LogP contribution in [0.1, 0.15) is 25.0 Å². The number of alkyl halides is 3. The van der Waals surface area contributed by atoms with Crippen LogP contribution in [0.2, 0.25) is 0 Å². The predicted molar refractivity (Wildman–Crippen MR) is 70.3 cm³/mol. The molecular weight excluding hydrogens is 269 g/mol. The van der Waals surface area contributed by atoms with Crippen molar-refractivity contribution in [3.8, 4) is 6.07 Å². The molecule has 1 rings (SSSR count). The summed E-state index contributed by atoms with van der Waals surface area (Å²) in [4.78, 5) is 0. The third-order valence-electron chi connectivity index (χ3n) is 2.96. The minimum absolute atomic E-state index is 0.0263. The molecule has 1 N–H and O–H groups in total. The molecule has 0 saturated heterocycles. The normalized spacial score (nSPS) is 13.1. The second-order valence-corrected chi connectivity index (χ2v) is 4.82. The van der Waals surface area contributed by atoms with Crippen LogP contribution in [0.15, 0.2) is 18.2 Å². The molecule has 1 aromatic carbocycles. The molecule has 20 heavy (non-hydrogen) atoms. The van der Waals surface area contributed by atoms with Gasteiger partial charge in [0.15, 0.2) is 0 Å². The van der Waals surface area contributed by atoms with E-state index in [9.17, 15) is 13.2 Å². The number of hydrogen-bond donors (Lipinski definition) is 1. The van der Waals surface area contributed by atoms with Crippen LogP contribution in [0.5, 0.6) is 0 Å². The first-order chi connectivity index (χ1) is 9.29. The molecule has 110 valence electrons. The second kappa shape index (κ2) is 6.62. The standard InChI is InChI=1S/C14H17F3N2O/c1-9(2)13(8-20-3)19-12-5-4-11(14(15,16)17)6-10(12)7-18/h4-6,9,13,19H,8H2,1-3H3. The van der Waals surface area contributed by atoms with E-state index in [0.717, 1.165) is 12.1 Å². The molecule has 6 heteroatoms. The first-order valence-corrected chi connectivity index (χ1v) is 6.16. The van der Waals surface area contributed by atoms with E-state index in [4.69, 9.17) is 10.00 Å². The molecule has 1 atom stereocenters. The largest absolute Gasteiger partial charge is 0.416 e. The Bertz CT molecular complexity index is 492. The highest BCUT2D eigenvalue weighted by Crippen LogP contribution is 2.32. The maximum atomic E-state index is 12.6. The van der Waals surface area contributed by atoms with Gasteiger partial charge in [-0.2, -0.15) is 18.4 Å². The van der Waals surface area contributed by atoms with Crippen molar-refractivity contribution in [2.75, 3.05) is 19.0 Å². The Morgan fingerprint density at radius 1 is 1.35 bits per heavy atom. The number of hydrogen-bond acceptors (Lipinski definition) is 3. The summed E-state index contributed by atoms with van der Waals surface area (Å²) in [6.45, 7) is 4.34. The van der Waals surface area contributed by atoms with E-state index in [1.165, 1.54) is 6.07 Å². The maximum absolute atomic E-state index is 12.6. The van der Waals surface area contributed by atoms with Gasteiger partial charge < -0.3 is 10.1 Å². The van der Waals surface area contributed by atoms with Gasteiger partial charge >= 0.3 is 6.18 Å². The number of benzene rings is 1. The zero-order valence-corrected chi connectivity index (χ0v) is 11.6. The van der Waals surface area contributed by atoms with Crippen LogP contribution in [0.4, 0.5) is 18.9 Å². The van der Waals surface area contributed by atoms with Gasteiger partial charge in [-0.25, -0.2) is 0 Å². The Hall–Kier alpha value is -1.74. The molecule has 0 saturated carbocycles. The van der Waals surface area contributed by atoms with Gasteiger partial charge in [0.05, 0.1) is 29.5 Å². The monoisotopic (exact) mass is 286 g/mol. The summed E-state index contributed by atoms with van der Waals surface area (Å²) in [5.41, 5.74) is -0.467. The SMILES string of the molecule is COCC(Nc1ccc(C(F)(F)F)cc1C#N)C(C)C. The van der Waals surface area contributed by atoms with Crippen molar-refractivity contribution in [2.24, 2.45) is 5.92 Å². The van der Waals surface area contributed by atoms with Crippen LogP contribution in [-0.4, -0.2) is 19.8 Å². The lowest BCUT2D eigenvalue weighted by Crippen LogP contribution is -2.30. The third-order valence-corrected chi connectivity index (χ3v) is 2.96. The fourth-order valence-electron chi connectivity index (χ4n) is 1.72. The highest BCUT2D eigenvalue weighted by molar-refractivity contribution is 5.59. The summed E-state index contributed by atoms with van der Waals surface area (Å²) in [6.07, 6.45) is -4.45. The van der Waals surface area contributed by atoms with E-state index >= 15 is 0 Å². The van der Waals surface area contributed by atoms with Gasteiger partial charge in [0.1, 0.15) is 6.07 Å². The molecule has 0 bridgehead atoms. The average molecular weight is 286 g/mol. The highest BCUT2D eigenvalue weighted by atomic mass is 19.4. The van der Waals surface area contributed by atoms with Crippen molar-refractivity contribution in [3.63, 3.8) is 0 Å². The molecule has 0 heterocycles. The summed E-state index contributed by atoms with van der Waals surface area (Å²) in [7, 11) is 1.55. The molecule has 0 aromatic heterocycles. The van der Waals surface area contributed by atoms with Gasteiger partial charge in [-0.3, -0.25) is 0 Å². The molecule has 0 aliphatic heterocycles. The predicted octanol–water partition coefficient (Wildman–Crippen LogP) is 3.66. The molecule has 1 unspecified atom stereocenters. The Kier molecular flexibility index (Phi) is 5.40. The van der Waals surface area contributed by atoms with Crippen molar-refractivity contribution >= 4 is 5.69 Å². The first kappa shape index (κ1) is 16.3. The number of anilines is 1. The molecule has 1 aromatic rings. The highest BCUT2D eigenvalue weighted by Gasteiger charge is 2.31. The van der Waals surface area contributed by atoms with Gasteiger partial charge in [-0.05, 0) is 24.1 Å². The van der Waals surface area contributed by atoms with Gasteiger partial charge in [0.25, 0.3) is 0 Å². The fourth-order valence-corrected chi connectivity index (χ4v) is 1.72. The summed E-state index contributed by atoms with van der Waals surface area (Å²) in [5.74, 6) is 0.212. The van der Waals surface area contributed by atoms with Crippen LogP contribution in [0.25, 0.3) is 0 Å². The lowest BCUT2D eigenvalue weighted by molar-refractivity contribution is -0.137. The number of nitriles is 1. The van der Waals surface area contributed by atoms with Crippen molar-refractivity contribution in [2.45, 2.75) is 26.1 Å². The van der Waals surface area contributed by atoms with Crippen LogP contribution in [-0.2, 0) is 10.9 Å². The van der Waals surface area contributed by atoms with Gasteiger partial charge in [0.2, 0.25) is 0 Å². The van der Waals surface area contributed by atoms with Crippen molar-refractivity contribution in [1.82, 2.24) is 0 Å². The van der Waals surface area contributed by atoms with Crippen molar-refractivity contribution in [3.05, 3.63) is 29.3 Å². The zero-order valence-electron chi connectivity index (χ0n) is 11.6. The lowest BCUT2D eigenvalue weighted by Gasteiger charge is -2.23. The second-order valence-electron chi connectivity index (χ2n) is 4.82. The topological polar surface area (TPSA) is 45.0 Å². The summed E-state index contributed by atoms with van der Waals surface area (Å²) in [5, 5.41) is 12.1. The minimum atomic E-state index is -4.45. The molecule has 3 nitrogen and oxygen atoms in total. The van der Waals surface area contributed by atoms with E-state index in [1.54, 1.807) is 13.2 Å². The number of nitrogens with zero attached hydrogens (tertiary/aromatic N) is 1. The van der Waals surface area contributed by atoms with Crippen molar-refractivity contribution < 1.29 is 17.9 Å². The Morgan fingerprint density at radius 3 is 2.45 bits per heavy atom. The lowest BCUT2D eigenvalue weighted by atomic mass is 10.0. The molecule has 0 fully saturated rings. The zero-order chi connectivity index (χ0) is 15.3. The van der Waals surface area contributed by atoms with Gasteiger partial charge in [0, 0.05) is 7.11 Å². The number of nitrogens with one attached hydrogen (secondary N) is 1. The molecule has 0 amide bonds. The van der Waals surface area contributed by atoms with Gasteiger partial charge in [-0.15, -0.1) is 0 Å². The van der Waals surface area contributed by atoms with Crippen LogP contribution in [0.3, 0.4) is 0 Å². The third kappa shape index (κ3) is 4.14. The van der Waals surface area contributed by atoms with Crippen LogP contribution < -0.4 is 5.32 Å². The van der Waals surface area contributed by atoms with E-state index in [0.29, 0.717) is 12.3 Å². The van der Waals surface area contributed by atoms with Crippen LogP contribution in [0, 0.1) is 17.2 Å². The number of ether oxygens (including phenoxy) is 1. The van der Waals surface area contributed by atoms with E-state index in [2.05, 4.69) is 5.32 Å². The summed E-state index contributed by atoms with van der Waals surface area (Å²) >= 11 is 0. The number of halogens is 3. The molecule has 0 spiro atoms. The van der Waals surface area contributed by atoms with E-state index in [-0.39, 0.29) is 17.5 Å². The summed E-state index contributed by atoms with van der Waals surface area (Å²) in [6, 6.07) is 4.81. The first-order valence-electron chi connectivity index (χ1n) is 6.16. The van der Waals surface area contributed by atoms with E-state index < -0.39 is 11.7 Å². The Labute approximate surface area is 116 Å². The smallest absolute Gasteiger partial charge is 0.383 e. The molecule has 0 radical (unpaired) electrons.